The summed E-state index contributed by atoms with van der Waals surface area (Å²) in [6.45, 7) is 7.06. The second-order valence-corrected chi connectivity index (χ2v) is 8.62. The highest BCUT2D eigenvalue weighted by Gasteiger charge is 2.57. The number of carbonyl (C=O) groups excluding carboxylic acids is 1. The smallest absolute Gasteiger partial charge is 0.257 e. The number of likely N-dealkylation sites (tertiary alicyclic amines) is 2. The molecule has 0 N–H and O–H groups in total. The lowest BCUT2D eigenvalue weighted by Crippen LogP contribution is -2.61. The molecule has 0 saturated carbocycles. The number of nitrogens with zero attached hydrogens (tertiary/aromatic N) is 7. The minimum Gasteiger partial charge on any atom is -0.337 e. The zero-order valence-electron chi connectivity index (χ0n) is 17.5. The van der Waals surface area contributed by atoms with Crippen LogP contribution in [0.25, 0.3) is 0 Å². The monoisotopic (exact) mass is 405 g/mol. The third kappa shape index (κ3) is 3.21. The molecule has 0 bridgehead atoms. The minimum absolute atomic E-state index is 0.0198. The lowest BCUT2D eigenvalue weighted by atomic mass is 9.71. The first kappa shape index (κ1) is 19.0. The molecular formula is C22H27N7O. The number of hydrogen-bond acceptors (Lipinski definition) is 5. The van der Waals surface area contributed by atoms with Gasteiger partial charge in [0.15, 0.2) is 0 Å². The predicted molar refractivity (Wildman–Crippen MR) is 112 cm³/mol. The first-order valence-corrected chi connectivity index (χ1v) is 10.5. The normalized spacial score (nSPS) is 20.6. The summed E-state index contributed by atoms with van der Waals surface area (Å²) in [6.07, 6.45) is 5.28. The molecule has 2 saturated heterocycles. The minimum atomic E-state index is 0.0198. The SMILES string of the molecule is CCn1cc(C(=O)N2CC3(CN(Cc4ccccc4)CC3c3nncn3C)C2)cn1. The van der Waals surface area contributed by atoms with Gasteiger partial charge in [0, 0.05) is 63.8 Å². The Morgan fingerprint density at radius 1 is 1.20 bits per heavy atom. The van der Waals surface area contributed by atoms with Gasteiger partial charge in [-0.1, -0.05) is 30.3 Å². The molecule has 8 nitrogen and oxygen atoms in total. The van der Waals surface area contributed by atoms with E-state index in [0.29, 0.717) is 5.56 Å². The molecule has 30 heavy (non-hydrogen) atoms. The Hall–Kier alpha value is -3.00. The van der Waals surface area contributed by atoms with E-state index in [2.05, 4.69) is 44.5 Å². The van der Waals surface area contributed by atoms with Crippen LogP contribution in [0.1, 0.15) is 34.6 Å². The van der Waals surface area contributed by atoms with Crippen molar-refractivity contribution in [1.29, 1.82) is 0 Å². The molecule has 0 radical (unpaired) electrons. The first-order chi connectivity index (χ1) is 14.6. The fourth-order valence-electron chi connectivity index (χ4n) is 5.00. The number of hydrogen-bond donors (Lipinski definition) is 0. The predicted octanol–water partition coefficient (Wildman–Crippen LogP) is 1.77. The van der Waals surface area contributed by atoms with Gasteiger partial charge in [-0.15, -0.1) is 10.2 Å². The molecule has 2 fully saturated rings. The summed E-state index contributed by atoms with van der Waals surface area (Å²) >= 11 is 0. The number of carbonyl (C=O) groups is 1. The van der Waals surface area contributed by atoms with Gasteiger partial charge in [-0.05, 0) is 12.5 Å². The van der Waals surface area contributed by atoms with E-state index in [4.69, 9.17) is 0 Å². The van der Waals surface area contributed by atoms with Crippen molar-refractivity contribution < 1.29 is 4.79 Å². The summed E-state index contributed by atoms with van der Waals surface area (Å²) in [6, 6.07) is 10.6. The largest absolute Gasteiger partial charge is 0.337 e. The van der Waals surface area contributed by atoms with Gasteiger partial charge >= 0.3 is 0 Å². The van der Waals surface area contributed by atoms with E-state index in [9.17, 15) is 4.79 Å². The highest BCUT2D eigenvalue weighted by molar-refractivity contribution is 5.94. The average molecular weight is 406 g/mol. The lowest BCUT2D eigenvalue weighted by Gasteiger charge is -2.50. The Balaban J connectivity index is 1.35. The van der Waals surface area contributed by atoms with Crippen molar-refractivity contribution in [3.8, 4) is 0 Å². The van der Waals surface area contributed by atoms with Crippen LogP contribution in [0.15, 0.2) is 49.1 Å². The number of amides is 1. The van der Waals surface area contributed by atoms with Gasteiger partial charge in [0.05, 0.1) is 11.8 Å². The van der Waals surface area contributed by atoms with Crippen LogP contribution in [0.3, 0.4) is 0 Å². The second-order valence-electron chi connectivity index (χ2n) is 8.62. The van der Waals surface area contributed by atoms with Crippen LogP contribution in [0.2, 0.25) is 0 Å². The molecular weight excluding hydrogens is 378 g/mol. The molecule has 1 amide bonds. The van der Waals surface area contributed by atoms with Crippen LogP contribution < -0.4 is 0 Å². The van der Waals surface area contributed by atoms with Crippen molar-refractivity contribution in [3.63, 3.8) is 0 Å². The van der Waals surface area contributed by atoms with Crippen molar-refractivity contribution in [2.24, 2.45) is 12.5 Å². The fourth-order valence-corrected chi connectivity index (χ4v) is 5.00. The van der Waals surface area contributed by atoms with Crippen molar-refractivity contribution in [2.45, 2.75) is 25.9 Å². The zero-order chi connectivity index (χ0) is 20.7. The second kappa shape index (κ2) is 7.36. The van der Waals surface area contributed by atoms with Crippen LogP contribution >= 0.6 is 0 Å². The molecule has 1 unspecified atom stereocenters. The Morgan fingerprint density at radius 3 is 2.67 bits per heavy atom. The molecule has 156 valence electrons. The van der Waals surface area contributed by atoms with Crippen LogP contribution in [0, 0.1) is 5.41 Å². The maximum atomic E-state index is 13.0. The number of benzene rings is 1. The Kier molecular flexibility index (Phi) is 4.66. The lowest BCUT2D eigenvalue weighted by molar-refractivity contribution is 0.00140. The molecule has 5 rings (SSSR count). The van der Waals surface area contributed by atoms with Crippen molar-refractivity contribution in [1.82, 2.24) is 34.3 Å². The maximum absolute atomic E-state index is 13.0. The van der Waals surface area contributed by atoms with Gasteiger partial charge in [-0.3, -0.25) is 14.4 Å². The molecule has 2 aromatic heterocycles. The van der Waals surface area contributed by atoms with Crippen LogP contribution in [-0.2, 0) is 20.1 Å². The van der Waals surface area contributed by atoms with E-state index in [1.165, 1.54) is 5.56 Å². The van der Waals surface area contributed by atoms with Crippen molar-refractivity contribution in [2.75, 3.05) is 26.2 Å². The van der Waals surface area contributed by atoms with E-state index in [0.717, 1.165) is 45.1 Å². The molecule has 1 atom stereocenters. The van der Waals surface area contributed by atoms with E-state index >= 15 is 0 Å². The highest BCUT2D eigenvalue weighted by atomic mass is 16.2. The molecule has 2 aliphatic heterocycles. The van der Waals surface area contributed by atoms with E-state index in [-0.39, 0.29) is 17.2 Å². The van der Waals surface area contributed by atoms with Gasteiger partial charge in [0.2, 0.25) is 0 Å². The molecule has 4 heterocycles. The first-order valence-electron chi connectivity index (χ1n) is 10.5. The summed E-state index contributed by atoms with van der Waals surface area (Å²) < 4.78 is 3.82. The zero-order valence-corrected chi connectivity index (χ0v) is 17.5. The Morgan fingerprint density at radius 2 is 2.00 bits per heavy atom. The average Bonchev–Trinajstić information content (AvgIpc) is 3.45. The fraction of sp³-hybridized carbons (Fsp3) is 0.455. The van der Waals surface area contributed by atoms with Gasteiger partial charge in [-0.25, -0.2) is 0 Å². The summed E-state index contributed by atoms with van der Waals surface area (Å²) in [5.41, 5.74) is 2.00. The van der Waals surface area contributed by atoms with Gasteiger partial charge in [0.1, 0.15) is 12.2 Å². The Labute approximate surface area is 176 Å². The van der Waals surface area contributed by atoms with E-state index < -0.39 is 0 Å². The summed E-state index contributed by atoms with van der Waals surface area (Å²) in [5.74, 6) is 1.34. The van der Waals surface area contributed by atoms with Gasteiger partial charge in [-0.2, -0.15) is 5.10 Å². The molecule has 1 aromatic carbocycles. The van der Waals surface area contributed by atoms with E-state index in [1.807, 2.05) is 35.7 Å². The standard InChI is InChI=1S/C22H27N7O/c1-3-29-11-18(9-24-29)21(30)28-14-22(15-28)13-27(10-17-7-5-4-6-8-17)12-19(22)20-25-23-16-26(20)2/h4-9,11,16,19H,3,10,12-15H2,1-2H3. The summed E-state index contributed by atoms with van der Waals surface area (Å²) in [7, 11) is 2.00. The molecule has 2 aliphatic rings. The number of aryl methyl sites for hydroxylation is 2. The summed E-state index contributed by atoms with van der Waals surface area (Å²) in [5, 5.41) is 12.8. The maximum Gasteiger partial charge on any atom is 0.257 e. The van der Waals surface area contributed by atoms with Gasteiger partial charge in [0.25, 0.3) is 5.91 Å². The molecule has 0 aliphatic carbocycles. The molecule has 3 aromatic rings. The molecule has 8 heteroatoms. The van der Waals surface area contributed by atoms with Crippen molar-refractivity contribution in [3.05, 3.63) is 66.0 Å². The Bertz CT molecular complexity index is 1030. The summed E-state index contributed by atoms with van der Waals surface area (Å²) in [4.78, 5) is 17.4. The van der Waals surface area contributed by atoms with Crippen molar-refractivity contribution >= 4 is 5.91 Å². The topological polar surface area (TPSA) is 72.1 Å². The van der Waals surface area contributed by atoms with Gasteiger partial charge < -0.3 is 9.47 Å². The number of aromatic nitrogens is 5. The third-order valence-corrected chi connectivity index (χ3v) is 6.53. The van der Waals surface area contributed by atoms with Crippen LogP contribution in [-0.4, -0.2) is 66.4 Å². The highest BCUT2D eigenvalue weighted by Crippen LogP contribution is 2.49. The number of rotatable bonds is 5. The quantitative estimate of drug-likeness (QED) is 0.647. The van der Waals surface area contributed by atoms with Crippen LogP contribution in [0.4, 0.5) is 0 Å². The van der Waals surface area contributed by atoms with E-state index in [1.54, 1.807) is 17.2 Å². The third-order valence-electron chi connectivity index (χ3n) is 6.53. The van der Waals surface area contributed by atoms with Crippen LogP contribution in [0.5, 0.6) is 0 Å². The molecule has 1 spiro atoms.